The third-order valence-electron chi connectivity index (χ3n) is 5.69. The average molecular weight is 475 g/mol. The summed E-state index contributed by atoms with van der Waals surface area (Å²) < 4.78 is 27.7. The Labute approximate surface area is 196 Å². The van der Waals surface area contributed by atoms with Crippen LogP contribution in [0.5, 0.6) is 0 Å². The monoisotopic (exact) mass is 474 g/mol. The second-order valence-corrected chi connectivity index (χ2v) is 8.73. The van der Waals surface area contributed by atoms with Crippen LogP contribution in [0, 0.1) is 11.6 Å². The third-order valence-corrected chi connectivity index (χ3v) is 6.19. The van der Waals surface area contributed by atoms with E-state index in [0.717, 1.165) is 17.2 Å². The van der Waals surface area contributed by atoms with Crippen LogP contribution in [0.4, 0.5) is 14.5 Å². The van der Waals surface area contributed by atoms with Crippen molar-refractivity contribution < 1.29 is 13.6 Å². The van der Waals surface area contributed by atoms with E-state index >= 15 is 0 Å². The number of halogens is 4. The van der Waals surface area contributed by atoms with Crippen LogP contribution < -0.4 is 4.90 Å². The van der Waals surface area contributed by atoms with Gasteiger partial charge in [-0.2, -0.15) is 0 Å². The average Bonchev–Trinajstić information content (AvgIpc) is 2.73. The van der Waals surface area contributed by atoms with Gasteiger partial charge in [-0.15, -0.1) is 0 Å². The molecule has 0 bridgehead atoms. The fraction of sp³-hybridized carbons (Fsp3) is 0.240. The van der Waals surface area contributed by atoms with Crippen LogP contribution in [-0.2, 0) is 4.79 Å². The highest BCUT2D eigenvalue weighted by molar-refractivity contribution is 6.30. The maximum absolute atomic E-state index is 13.8. The molecule has 7 heteroatoms. The van der Waals surface area contributed by atoms with Crippen LogP contribution in [0.1, 0.15) is 30.5 Å². The SMILES string of the molecule is CCC(=O)N(c1cc(F)cc(F)c1)C1CN(C(c2ccc(Cl)cc2)c2ccc(Cl)cc2)C1. The van der Waals surface area contributed by atoms with Gasteiger partial charge in [-0.25, -0.2) is 8.78 Å². The first-order valence-corrected chi connectivity index (χ1v) is 11.1. The summed E-state index contributed by atoms with van der Waals surface area (Å²) in [6, 6.07) is 18.3. The summed E-state index contributed by atoms with van der Waals surface area (Å²) in [6.07, 6.45) is 0.242. The molecule has 3 aromatic carbocycles. The zero-order valence-electron chi connectivity index (χ0n) is 17.4. The minimum absolute atomic E-state index is 0.0661. The molecule has 0 atom stereocenters. The number of hydrogen-bond donors (Lipinski definition) is 0. The van der Waals surface area contributed by atoms with E-state index in [-0.39, 0.29) is 30.1 Å². The Bertz CT molecular complexity index is 1030. The van der Waals surface area contributed by atoms with Crippen LogP contribution >= 0.6 is 23.2 Å². The summed E-state index contributed by atoms with van der Waals surface area (Å²) in [6.45, 7) is 2.85. The molecule has 1 amide bonds. The summed E-state index contributed by atoms with van der Waals surface area (Å²) in [7, 11) is 0. The van der Waals surface area contributed by atoms with Gasteiger partial charge in [-0.05, 0) is 47.5 Å². The predicted molar refractivity (Wildman–Crippen MR) is 124 cm³/mol. The smallest absolute Gasteiger partial charge is 0.227 e. The maximum Gasteiger partial charge on any atom is 0.227 e. The summed E-state index contributed by atoms with van der Waals surface area (Å²) in [5, 5.41) is 1.30. The van der Waals surface area contributed by atoms with E-state index in [1.165, 1.54) is 17.0 Å². The summed E-state index contributed by atoms with van der Waals surface area (Å²) in [5.74, 6) is -1.58. The van der Waals surface area contributed by atoms with E-state index in [4.69, 9.17) is 23.2 Å². The molecule has 1 saturated heterocycles. The molecule has 0 N–H and O–H groups in total. The van der Waals surface area contributed by atoms with Gasteiger partial charge in [0, 0.05) is 41.3 Å². The normalized spacial score (nSPS) is 14.4. The number of likely N-dealkylation sites (tertiary alicyclic amines) is 1. The fourth-order valence-electron chi connectivity index (χ4n) is 4.17. The van der Waals surface area contributed by atoms with Gasteiger partial charge in [0.05, 0.1) is 12.1 Å². The van der Waals surface area contributed by atoms with Crippen molar-refractivity contribution in [1.29, 1.82) is 0 Å². The fourth-order valence-corrected chi connectivity index (χ4v) is 4.43. The standard InChI is InChI=1S/C25H22Cl2F2N2O/c1-2-24(32)31(22-12-20(28)11-21(29)13-22)23-14-30(15-23)25(16-3-7-18(26)8-4-16)17-5-9-19(27)10-6-17/h3-13,23,25H,2,14-15H2,1H3. The highest BCUT2D eigenvalue weighted by Crippen LogP contribution is 2.36. The van der Waals surface area contributed by atoms with Gasteiger partial charge in [-0.3, -0.25) is 9.69 Å². The van der Waals surface area contributed by atoms with Crippen LogP contribution in [0.3, 0.4) is 0 Å². The molecule has 3 aromatic rings. The number of benzene rings is 3. The molecule has 1 aliphatic heterocycles. The lowest BCUT2D eigenvalue weighted by atomic mass is 9.92. The minimum Gasteiger partial charge on any atom is -0.307 e. The van der Waals surface area contributed by atoms with Gasteiger partial charge < -0.3 is 4.90 Å². The van der Waals surface area contributed by atoms with Crippen molar-refractivity contribution >= 4 is 34.8 Å². The lowest BCUT2D eigenvalue weighted by Crippen LogP contribution is -2.62. The van der Waals surface area contributed by atoms with E-state index in [9.17, 15) is 13.6 Å². The summed E-state index contributed by atoms with van der Waals surface area (Å²) in [4.78, 5) is 16.4. The Hall–Kier alpha value is -2.47. The van der Waals surface area contributed by atoms with E-state index in [2.05, 4.69) is 4.90 Å². The molecular weight excluding hydrogens is 453 g/mol. The van der Waals surface area contributed by atoms with E-state index in [1.807, 2.05) is 48.5 Å². The van der Waals surface area contributed by atoms with Gasteiger partial charge in [0.15, 0.2) is 0 Å². The number of anilines is 1. The van der Waals surface area contributed by atoms with Crippen molar-refractivity contribution in [1.82, 2.24) is 4.90 Å². The quantitative estimate of drug-likeness (QED) is 0.407. The molecule has 32 heavy (non-hydrogen) atoms. The first-order valence-electron chi connectivity index (χ1n) is 10.4. The van der Waals surface area contributed by atoms with E-state index in [1.54, 1.807) is 6.92 Å². The van der Waals surface area contributed by atoms with Gasteiger partial charge in [-0.1, -0.05) is 54.4 Å². The number of amides is 1. The first-order chi connectivity index (χ1) is 15.4. The number of nitrogens with zero attached hydrogens (tertiary/aromatic N) is 2. The molecule has 1 heterocycles. The first kappa shape index (κ1) is 22.7. The second kappa shape index (κ2) is 9.57. The molecule has 3 nitrogen and oxygen atoms in total. The Balaban J connectivity index is 1.62. The maximum atomic E-state index is 13.8. The number of rotatable bonds is 6. The Kier molecular flexibility index (Phi) is 6.79. The molecule has 0 unspecified atom stereocenters. The second-order valence-electron chi connectivity index (χ2n) is 7.86. The Morgan fingerprint density at radius 3 is 1.84 bits per heavy atom. The molecule has 0 spiro atoms. The van der Waals surface area contributed by atoms with Crippen molar-refractivity contribution in [3.05, 3.63) is 99.5 Å². The Morgan fingerprint density at radius 2 is 1.41 bits per heavy atom. The van der Waals surface area contributed by atoms with Gasteiger partial charge in [0.1, 0.15) is 11.6 Å². The topological polar surface area (TPSA) is 23.6 Å². The number of carbonyl (C=O) groups excluding carboxylic acids is 1. The highest BCUT2D eigenvalue weighted by Gasteiger charge is 2.39. The van der Waals surface area contributed by atoms with Gasteiger partial charge >= 0.3 is 0 Å². The largest absolute Gasteiger partial charge is 0.307 e. The molecule has 0 aliphatic carbocycles. The van der Waals surface area contributed by atoms with Crippen molar-refractivity contribution in [2.75, 3.05) is 18.0 Å². The zero-order valence-corrected chi connectivity index (χ0v) is 19.0. The van der Waals surface area contributed by atoms with Crippen molar-refractivity contribution in [2.24, 2.45) is 0 Å². The van der Waals surface area contributed by atoms with Crippen molar-refractivity contribution in [3.63, 3.8) is 0 Å². The van der Waals surface area contributed by atoms with Crippen LogP contribution in [-0.4, -0.2) is 29.9 Å². The minimum atomic E-state index is -0.703. The third kappa shape index (κ3) is 4.80. The predicted octanol–water partition coefficient (Wildman–Crippen LogP) is 6.49. The van der Waals surface area contributed by atoms with Gasteiger partial charge in [0.2, 0.25) is 5.91 Å². The van der Waals surface area contributed by atoms with Crippen molar-refractivity contribution in [2.45, 2.75) is 25.4 Å². The lowest BCUT2D eigenvalue weighted by Gasteiger charge is -2.49. The summed E-state index contributed by atoms with van der Waals surface area (Å²) in [5.41, 5.74) is 2.36. The van der Waals surface area contributed by atoms with Crippen LogP contribution in [0.15, 0.2) is 66.7 Å². The molecule has 1 aliphatic rings. The molecule has 0 saturated carbocycles. The summed E-state index contributed by atoms with van der Waals surface area (Å²) >= 11 is 12.2. The number of hydrogen-bond acceptors (Lipinski definition) is 2. The Morgan fingerprint density at radius 1 is 0.938 bits per heavy atom. The van der Waals surface area contributed by atoms with Crippen LogP contribution in [0.2, 0.25) is 10.0 Å². The van der Waals surface area contributed by atoms with Crippen molar-refractivity contribution in [3.8, 4) is 0 Å². The van der Waals surface area contributed by atoms with Crippen LogP contribution in [0.25, 0.3) is 0 Å². The molecule has 4 rings (SSSR count). The molecule has 0 aromatic heterocycles. The molecular formula is C25H22Cl2F2N2O. The van der Waals surface area contributed by atoms with Gasteiger partial charge in [0.25, 0.3) is 0 Å². The molecule has 1 fully saturated rings. The van der Waals surface area contributed by atoms with E-state index < -0.39 is 11.6 Å². The lowest BCUT2D eigenvalue weighted by molar-refractivity contribution is -0.119. The molecule has 0 radical (unpaired) electrons. The molecule has 166 valence electrons. The van der Waals surface area contributed by atoms with E-state index in [0.29, 0.717) is 23.1 Å². The zero-order chi connectivity index (χ0) is 22.8. The highest BCUT2D eigenvalue weighted by atomic mass is 35.5. The number of carbonyl (C=O) groups is 1.